The van der Waals surface area contributed by atoms with E-state index in [2.05, 4.69) is 26.6 Å². The molecule has 0 aliphatic carbocycles. The summed E-state index contributed by atoms with van der Waals surface area (Å²) in [6, 6.07) is 14.3. The maximum atomic E-state index is 12.3. The number of nitrogens with zero attached hydrogens (tertiary/aromatic N) is 1. The Morgan fingerprint density at radius 1 is 1.14 bits per heavy atom. The first-order chi connectivity index (χ1) is 13.5. The Morgan fingerprint density at radius 3 is 2.50 bits per heavy atom. The average molecular weight is 444 g/mol. The molecule has 2 aromatic rings. The fraction of sp³-hybridized carbons (Fsp3) is 0.286. The SMILES string of the molecule is CC(NC(=O)CNC(=O)c1ccc(N2CCCC2=O)cc1)c1ccccc1Br. The molecule has 0 spiro atoms. The van der Waals surface area contributed by atoms with Crippen molar-refractivity contribution in [1.82, 2.24) is 10.6 Å². The van der Waals surface area contributed by atoms with Crippen molar-refractivity contribution in [3.63, 3.8) is 0 Å². The smallest absolute Gasteiger partial charge is 0.251 e. The summed E-state index contributed by atoms with van der Waals surface area (Å²) >= 11 is 3.47. The van der Waals surface area contributed by atoms with Gasteiger partial charge in [-0.25, -0.2) is 0 Å². The molecule has 3 rings (SSSR count). The van der Waals surface area contributed by atoms with Gasteiger partial charge < -0.3 is 15.5 Å². The van der Waals surface area contributed by atoms with E-state index in [0.29, 0.717) is 18.5 Å². The molecule has 2 aromatic carbocycles. The summed E-state index contributed by atoms with van der Waals surface area (Å²) in [7, 11) is 0. The van der Waals surface area contributed by atoms with E-state index in [4.69, 9.17) is 0 Å². The third-order valence-electron chi connectivity index (χ3n) is 4.67. The second kappa shape index (κ2) is 9.01. The number of amides is 3. The zero-order chi connectivity index (χ0) is 20.1. The largest absolute Gasteiger partial charge is 0.348 e. The molecule has 0 saturated carbocycles. The van der Waals surface area contributed by atoms with Gasteiger partial charge in [-0.3, -0.25) is 14.4 Å². The second-order valence-electron chi connectivity index (χ2n) is 6.69. The molecule has 1 fully saturated rings. The third kappa shape index (κ3) is 4.78. The number of benzene rings is 2. The fourth-order valence-corrected chi connectivity index (χ4v) is 3.80. The van der Waals surface area contributed by atoms with Crippen molar-refractivity contribution < 1.29 is 14.4 Å². The Morgan fingerprint density at radius 2 is 1.86 bits per heavy atom. The first kappa shape index (κ1) is 20.1. The normalized spacial score (nSPS) is 14.6. The summed E-state index contributed by atoms with van der Waals surface area (Å²) in [5.74, 6) is -0.494. The molecular formula is C21H22BrN3O3. The lowest BCUT2D eigenvalue weighted by molar-refractivity contribution is -0.120. The van der Waals surface area contributed by atoms with Gasteiger partial charge in [-0.1, -0.05) is 34.1 Å². The van der Waals surface area contributed by atoms with Gasteiger partial charge in [0.15, 0.2) is 0 Å². The van der Waals surface area contributed by atoms with Crippen molar-refractivity contribution >= 4 is 39.3 Å². The van der Waals surface area contributed by atoms with Crippen LogP contribution in [0.3, 0.4) is 0 Å². The Kier molecular flexibility index (Phi) is 6.46. The van der Waals surface area contributed by atoms with Crippen LogP contribution in [-0.2, 0) is 9.59 Å². The molecule has 0 bridgehead atoms. The maximum absolute atomic E-state index is 12.3. The number of rotatable bonds is 6. The van der Waals surface area contributed by atoms with Crippen LogP contribution >= 0.6 is 15.9 Å². The number of anilines is 1. The molecule has 6 nitrogen and oxygen atoms in total. The molecule has 2 N–H and O–H groups in total. The van der Waals surface area contributed by atoms with Crippen molar-refractivity contribution in [3.05, 3.63) is 64.1 Å². The standard InChI is InChI=1S/C21H22BrN3O3/c1-14(17-5-2-3-6-18(17)22)24-19(26)13-23-21(28)15-8-10-16(11-9-15)25-12-4-7-20(25)27/h2-3,5-6,8-11,14H,4,7,12-13H2,1H3,(H,23,28)(H,24,26). The molecule has 28 heavy (non-hydrogen) atoms. The Hall–Kier alpha value is -2.67. The van der Waals surface area contributed by atoms with E-state index in [-0.39, 0.29) is 30.3 Å². The topological polar surface area (TPSA) is 78.5 Å². The van der Waals surface area contributed by atoms with E-state index in [0.717, 1.165) is 22.1 Å². The Balaban J connectivity index is 1.51. The van der Waals surface area contributed by atoms with Crippen LogP contribution in [0.4, 0.5) is 5.69 Å². The van der Waals surface area contributed by atoms with Crippen LogP contribution in [0, 0.1) is 0 Å². The first-order valence-corrected chi connectivity index (χ1v) is 9.97. The molecule has 1 heterocycles. The minimum absolute atomic E-state index is 0.105. The number of carbonyl (C=O) groups excluding carboxylic acids is 3. The van der Waals surface area contributed by atoms with E-state index in [1.165, 1.54) is 0 Å². The van der Waals surface area contributed by atoms with Gasteiger partial charge in [0.1, 0.15) is 0 Å². The number of hydrogen-bond donors (Lipinski definition) is 2. The van der Waals surface area contributed by atoms with E-state index in [9.17, 15) is 14.4 Å². The molecular weight excluding hydrogens is 422 g/mol. The highest BCUT2D eigenvalue weighted by Crippen LogP contribution is 2.23. The fourth-order valence-electron chi connectivity index (χ4n) is 3.17. The summed E-state index contributed by atoms with van der Waals surface area (Å²) in [6.07, 6.45) is 1.42. The van der Waals surface area contributed by atoms with E-state index in [1.54, 1.807) is 29.2 Å². The maximum Gasteiger partial charge on any atom is 0.251 e. The van der Waals surface area contributed by atoms with Gasteiger partial charge in [-0.15, -0.1) is 0 Å². The quantitative estimate of drug-likeness (QED) is 0.719. The van der Waals surface area contributed by atoms with E-state index < -0.39 is 0 Å². The minimum atomic E-state index is -0.331. The number of nitrogens with one attached hydrogen (secondary N) is 2. The highest BCUT2D eigenvalue weighted by atomic mass is 79.9. The van der Waals surface area contributed by atoms with Gasteiger partial charge in [-0.2, -0.15) is 0 Å². The predicted octanol–water partition coefficient (Wildman–Crippen LogP) is 3.18. The predicted molar refractivity (Wildman–Crippen MR) is 111 cm³/mol. The minimum Gasteiger partial charge on any atom is -0.348 e. The van der Waals surface area contributed by atoms with Crippen molar-refractivity contribution in [2.24, 2.45) is 0 Å². The van der Waals surface area contributed by atoms with E-state index >= 15 is 0 Å². The monoisotopic (exact) mass is 443 g/mol. The van der Waals surface area contributed by atoms with Crippen molar-refractivity contribution in [3.8, 4) is 0 Å². The zero-order valence-electron chi connectivity index (χ0n) is 15.6. The molecule has 3 amide bonds. The van der Waals surface area contributed by atoms with Crippen molar-refractivity contribution in [2.75, 3.05) is 18.0 Å². The van der Waals surface area contributed by atoms with Crippen LogP contribution in [0.25, 0.3) is 0 Å². The lowest BCUT2D eigenvalue weighted by Gasteiger charge is -2.17. The number of halogens is 1. The lowest BCUT2D eigenvalue weighted by atomic mass is 10.1. The average Bonchev–Trinajstić information content (AvgIpc) is 3.12. The summed E-state index contributed by atoms with van der Waals surface area (Å²) in [5, 5.41) is 5.49. The summed E-state index contributed by atoms with van der Waals surface area (Å²) in [5.41, 5.74) is 2.20. The number of carbonyl (C=O) groups is 3. The molecule has 7 heteroatoms. The molecule has 1 aliphatic rings. The van der Waals surface area contributed by atoms with Gasteiger partial charge in [0.05, 0.1) is 12.6 Å². The van der Waals surface area contributed by atoms with Gasteiger partial charge in [0.25, 0.3) is 5.91 Å². The van der Waals surface area contributed by atoms with Crippen LogP contribution < -0.4 is 15.5 Å². The van der Waals surface area contributed by atoms with Crippen LogP contribution in [-0.4, -0.2) is 30.8 Å². The molecule has 1 saturated heterocycles. The van der Waals surface area contributed by atoms with Crippen LogP contribution in [0.5, 0.6) is 0 Å². The summed E-state index contributed by atoms with van der Waals surface area (Å²) in [4.78, 5) is 37.9. The van der Waals surface area contributed by atoms with Gasteiger partial charge in [0, 0.05) is 28.7 Å². The lowest BCUT2D eigenvalue weighted by Crippen LogP contribution is -2.38. The van der Waals surface area contributed by atoms with Crippen LogP contribution in [0.15, 0.2) is 53.0 Å². The highest BCUT2D eigenvalue weighted by molar-refractivity contribution is 9.10. The van der Waals surface area contributed by atoms with Crippen molar-refractivity contribution in [1.29, 1.82) is 0 Å². The van der Waals surface area contributed by atoms with Gasteiger partial charge in [-0.05, 0) is 49.2 Å². The number of hydrogen-bond acceptors (Lipinski definition) is 3. The van der Waals surface area contributed by atoms with E-state index in [1.807, 2.05) is 31.2 Å². The first-order valence-electron chi connectivity index (χ1n) is 9.18. The molecule has 1 unspecified atom stereocenters. The second-order valence-corrected chi connectivity index (χ2v) is 7.54. The van der Waals surface area contributed by atoms with Gasteiger partial charge >= 0.3 is 0 Å². The zero-order valence-corrected chi connectivity index (χ0v) is 17.2. The molecule has 1 aliphatic heterocycles. The van der Waals surface area contributed by atoms with Gasteiger partial charge in [0.2, 0.25) is 11.8 Å². The Labute approximate surface area is 172 Å². The molecule has 146 valence electrons. The van der Waals surface area contributed by atoms with Crippen LogP contribution in [0.1, 0.15) is 41.7 Å². The summed E-state index contributed by atoms with van der Waals surface area (Å²) in [6.45, 7) is 2.48. The summed E-state index contributed by atoms with van der Waals surface area (Å²) < 4.78 is 0.920. The van der Waals surface area contributed by atoms with Crippen LogP contribution in [0.2, 0.25) is 0 Å². The van der Waals surface area contributed by atoms with Crippen molar-refractivity contribution in [2.45, 2.75) is 25.8 Å². The Bertz CT molecular complexity index is 883. The molecule has 0 aromatic heterocycles. The molecule has 0 radical (unpaired) electrons. The highest BCUT2D eigenvalue weighted by Gasteiger charge is 2.21. The molecule has 1 atom stereocenters. The third-order valence-corrected chi connectivity index (χ3v) is 5.40.